The highest BCUT2D eigenvalue weighted by atomic mass is 32.1. The highest BCUT2D eigenvalue weighted by Gasteiger charge is 2.24. The molecule has 0 bridgehead atoms. The highest BCUT2D eigenvalue weighted by molar-refractivity contribution is 7.80. The fourth-order valence-corrected chi connectivity index (χ4v) is 4.43. The van der Waals surface area contributed by atoms with E-state index in [1.54, 1.807) is 0 Å². The first kappa shape index (κ1) is 24.7. The Morgan fingerprint density at radius 2 is 1.88 bits per heavy atom. The topological polar surface area (TPSA) is 51.6 Å². The van der Waals surface area contributed by atoms with Gasteiger partial charge in [0.2, 0.25) is 0 Å². The predicted octanol–water partition coefficient (Wildman–Crippen LogP) is 4.01. The van der Waals surface area contributed by atoms with Gasteiger partial charge in [-0.25, -0.2) is 4.98 Å². The van der Waals surface area contributed by atoms with Crippen molar-refractivity contribution in [2.24, 2.45) is 0 Å². The molecule has 1 saturated heterocycles. The molecule has 3 rings (SSSR count). The first-order valence-electron chi connectivity index (χ1n) is 12.0. The van der Waals surface area contributed by atoms with E-state index in [-0.39, 0.29) is 0 Å². The largest absolute Gasteiger partial charge is 0.379 e. The quantitative estimate of drug-likeness (QED) is 0.362. The predicted molar refractivity (Wildman–Crippen MR) is 133 cm³/mol. The van der Waals surface area contributed by atoms with Crippen molar-refractivity contribution < 1.29 is 9.47 Å². The second-order valence-electron chi connectivity index (χ2n) is 8.22. The molecule has 7 heteroatoms. The van der Waals surface area contributed by atoms with Crippen molar-refractivity contribution in [1.29, 1.82) is 0 Å². The fraction of sp³-hybridized carbons (Fsp3) is 0.600. The maximum absolute atomic E-state index is 5.67. The van der Waals surface area contributed by atoms with Gasteiger partial charge in [-0.2, -0.15) is 0 Å². The Balaban J connectivity index is 1.31. The molecular formula is C25H38N4O2S. The molecule has 176 valence electrons. The number of piperidine rings is 1. The van der Waals surface area contributed by atoms with E-state index in [9.17, 15) is 0 Å². The van der Waals surface area contributed by atoms with Gasteiger partial charge in [0.15, 0.2) is 5.11 Å². The molecule has 1 N–H and O–H groups in total. The number of aryl methyl sites for hydroxylation is 1. The van der Waals surface area contributed by atoms with Gasteiger partial charge in [0.05, 0.1) is 19.8 Å². The van der Waals surface area contributed by atoms with Crippen LogP contribution in [0.1, 0.15) is 49.9 Å². The van der Waals surface area contributed by atoms with Gasteiger partial charge < -0.3 is 24.3 Å². The van der Waals surface area contributed by atoms with Gasteiger partial charge in [0, 0.05) is 51.1 Å². The van der Waals surface area contributed by atoms with Crippen LogP contribution in [-0.4, -0.2) is 65.6 Å². The minimum absolute atomic E-state index is 0.485. The van der Waals surface area contributed by atoms with Gasteiger partial charge in [0.1, 0.15) is 5.82 Å². The third-order valence-corrected chi connectivity index (χ3v) is 6.36. The number of likely N-dealkylation sites (tertiary alicyclic amines) is 1. The summed E-state index contributed by atoms with van der Waals surface area (Å²) >= 11 is 5.65. The molecule has 0 amide bonds. The molecule has 0 unspecified atom stereocenters. The molecule has 1 aromatic carbocycles. The lowest BCUT2D eigenvalue weighted by molar-refractivity contribution is 0.0493. The van der Waals surface area contributed by atoms with Crippen LogP contribution in [-0.2, 0) is 22.4 Å². The maximum atomic E-state index is 5.67. The van der Waals surface area contributed by atoms with Gasteiger partial charge in [-0.15, -0.1) is 0 Å². The van der Waals surface area contributed by atoms with Crippen LogP contribution in [0.5, 0.6) is 0 Å². The summed E-state index contributed by atoms with van der Waals surface area (Å²) in [6, 6.07) is 10.7. The number of ether oxygens (including phenoxy) is 2. The SMILES string of the molecule is CCOCCOCCn1ccnc1C1CCN(C(=S)NCCCCc2ccccc2)CC1. The smallest absolute Gasteiger partial charge is 0.168 e. The van der Waals surface area contributed by atoms with Crippen LogP contribution in [0.3, 0.4) is 0 Å². The van der Waals surface area contributed by atoms with Crippen LogP contribution in [0.4, 0.5) is 0 Å². The Bertz CT molecular complexity index is 775. The third-order valence-electron chi connectivity index (χ3n) is 5.96. The molecule has 0 aliphatic carbocycles. The molecule has 2 heterocycles. The standard InChI is InChI=1S/C25H38N4O2S/c1-2-30-20-21-31-19-18-28-17-14-26-24(28)23-11-15-29(16-12-23)25(32)27-13-7-6-10-22-8-4-3-5-9-22/h3-5,8-9,14,17,23H,2,6-7,10-13,15-16,18-21H2,1H3,(H,27,32). The number of imidazole rings is 1. The Labute approximate surface area is 198 Å². The van der Waals surface area contributed by atoms with Gasteiger partial charge in [0.25, 0.3) is 0 Å². The van der Waals surface area contributed by atoms with Crippen molar-refractivity contribution in [3.63, 3.8) is 0 Å². The molecule has 0 radical (unpaired) electrons. The molecule has 32 heavy (non-hydrogen) atoms. The van der Waals surface area contributed by atoms with Crippen molar-refractivity contribution in [3.05, 3.63) is 54.1 Å². The van der Waals surface area contributed by atoms with E-state index >= 15 is 0 Å². The number of unbranched alkanes of at least 4 members (excludes halogenated alkanes) is 1. The molecule has 1 fully saturated rings. The number of benzene rings is 1. The number of hydrogen-bond acceptors (Lipinski definition) is 4. The Morgan fingerprint density at radius 3 is 2.66 bits per heavy atom. The van der Waals surface area contributed by atoms with Crippen molar-refractivity contribution in [2.75, 3.05) is 46.1 Å². The van der Waals surface area contributed by atoms with Crippen molar-refractivity contribution >= 4 is 17.3 Å². The average Bonchev–Trinajstić information content (AvgIpc) is 3.30. The zero-order chi connectivity index (χ0) is 22.4. The van der Waals surface area contributed by atoms with Crippen LogP contribution < -0.4 is 5.32 Å². The van der Waals surface area contributed by atoms with Crippen molar-refractivity contribution in [3.8, 4) is 0 Å². The van der Waals surface area contributed by atoms with Crippen LogP contribution >= 0.6 is 12.2 Å². The molecule has 1 aliphatic heterocycles. The second-order valence-corrected chi connectivity index (χ2v) is 8.61. The summed E-state index contributed by atoms with van der Waals surface area (Å²) in [5, 5.41) is 4.36. The normalized spacial score (nSPS) is 14.6. The molecule has 6 nitrogen and oxygen atoms in total. The van der Waals surface area contributed by atoms with Gasteiger partial charge >= 0.3 is 0 Å². The lowest BCUT2D eigenvalue weighted by atomic mass is 9.96. The maximum Gasteiger partial charge on any atom is 0.168 e. The van der Waals surface area contributed by atoms with E-state index in [0.29, 0.717) is 25.7 Å². The van der Waals surface area contributed by atoms with E-state index in [0.717, 1.165) is 63.6 Å². The van der Waals surface area contributed by atoms with E-state index in [4.69, 9.17) is 21.7 Å². The molecule has 0 spiro atoms. The van der Waals surface area contributed by atoms with Gasteiger partial charge in [-0.3, -0.25) is 0 Å². The summed E-state index contributed by atoms with van der Waals surface area (Å²) in [5.41, 5.74) is 1.41. The van der Waals surface area contributed by atoms with Crippen LogP contribution in [0.15, 0.2) is 42.7 Å². The number of thiocarbonyl (C=S) groups is 1. The molecule has 0 atom stereocenters. The number of hydrogen-bond donors (Lipinski definition) is 1. The minimum atomic E-state index is 0.485. The van der Waals surface area contributed by atoms with E-state index < -0.39 is 0 Å². The second kappa shape index (κ2) is 14.2. The number of nitrogens with one attached hydrogen (secondary N) is 1. The van der Waals surface area contributed by atoms with Crippen molar-refractivity contribution in [2.45, 2.75) is 51.5 Å². The molecule has 2 aromatic rings. The first-order chi connectivity index (χ1) is 15.8. The number of aromatic nitrogens is 2. The Hall–Kier alpha value is -1.96. The zero-order valence-electron chi connectivity index (χ0n) is 19.4. The Morgan fingerprint density at radius 1 is 1.09 bits per heavy atom. The summed E-state index contributed by atoms with van der Waals surface area (Å²) < 4.78 is 13.2. The van der Waals surface area contributed by atoms with Crippen LogP contribution in [0.25, 0.3) is 0 Å². The van der Waals surface area contributed by atoms with Crippen LogP contribution in [0, 0.1) is 0 Å². The average molecular weight is 459 g/mol. The number of rotatable bonds is 13. The van der Waals surface area contributed by atoms with Gasteiger partial charge in [-0.1, -0.05) is 30.3 Å². The lowest BCUT2D eigenvalue weighted by Crippen LogP contribution is -2.44. The summed E-state index contributed by atoms with van der Waals surface area (Å²) in [4.78, 5) is 6.96. The van der Waals surface area contributed by atoms with Crippen LogP contribution in [0.2, 0.25) is 0 Å². The minimum Gasteiger partial charge on any atom is -0.379 e. The summed E-state index contributed by atoms with van der Waals surface area (Å²) in [6.45, 7) is 8.48. The first-order valence-corrected chi connectivity index (χ1v) is 12.4. The van der Waals surface area contributed by atoms with Crippen molar-refractivity contribution in [1.82, 2.24) is 19.8 Å². The number of nitrogens with zero attached hydrogens (tertiary/aromatic N) is 3. The summed E-state index contributed by atoms with van der Waals surface area (Å²) in [6.07, 6.45) is 9.58. The highest BCUT2D eigenvalue weighted by Crippen LogP contribution is 2.27. The molecular weight excluding hydrogens is 420 g/mol. The molecule has 1 aromatic heterocycles. The van der Waals surface area contributed by atoms with E-state index in [2.05, 4.69) is 56.3 Å². The summed E-state index contributed by atoms with van der Waals surface area (Å²) in [7, 11) is 0. The van der Waals surface area contributed by atoms with E-state index in [1.807, 2.05) is 13.1 Å². The summed E-state index contributed by atoms with van der Waals surface area (Å²) in [5.74, 6) is 1.66. The molecule has 1 aliphatic rings. The zero-order valence-corrected chi connectivity index (χ0v) is 20.2. The Kier molecular flexibility index (Phi) is 11.0. The third kappa shape index (κ3) is 8.19. The monoisotopic (exact) mass is 458 g/mol. The van der Waals surface area contributed by atoms with Gasteiger partial charge in [-0.05, 0) is 56.8 Å². The lowest BCUT2D eigenvalue weighted by Gasteiger charge is -2.33. The molecule has 0 saturated carbocycles. The fourth-order valence-electron chi connectivity index (χ4n) is 4.14. The van der Waals surface area contributed by atoms with E-state index in [1.165, 1.54) is 17.8 Å².